The molecule has 1 N–H and O–H groups in total. The summed E-state index contributed by atoms with van der Waals surface area (Å²) in [4.78, 5) is 24.9. The molecule has 1 fully saturated rings. The van der Waals surface area contributed by atoms with Gasteiger partial charge < -0.3 is 14.7 Å². The minimum Gasteiger partial charge on any atom is -0.480 e. The summed E-state index contributed by atoms with van der Waals surface area (Å²) in [5, 5.41) is 16.7. The van der Waals surface area contributed by atoms with Gasteiger partial charge in [-0.2, -0.15) is 0 Å². The van der Waals surface area contributed by atoms with Crippen molar-refractivity contribution in [2.45, 2.75) is 6.04 Å². The lowest BCUT2D eigenvalue weighted by molar-refractivity contribution is -0.147. The first-order chi connectivity index (χ1) is 9.66. The topological polar surface area (TPSA) is 97.0 Å². The fourth-order valence-electron chi connectivity index (χ4n) is 2.17. The zero-order valence-corrected chi connectivity index (χ0v) is 10.5. The van der Waals surface area contributed by atoms with E-state index in [1.54, 1.807) is 22.7 Å². The number of fused-ring (bicyclic) bond motifs is 1. The van der Waals surface area contributed by atoms with Crippen LogP contribution >= 0.6 is 0 Å². The van der Waals surface area contributed by atoms with Crippen molar-refractivity contribution >= 4 is 17.5 Å². The summed E-state index contributed by atoms with van der Waals surface area (Å²) in [7, 11) is 0. The van der Waals surface area contributed by atoms with E-state index in [1.807, 2.05) is 0 Å². The third-order valence-electron chi connectivity index (χ3n) is 3.21. The number of carbonyl (C=O) groups excluding carboxylic acids is 1. The van der Waals surface area contributed by atoms with E-state index in [2.05, 4.69) is 10.2 Å². The molecule has 2 aromatic heterocycles. The number of carbonyl (C=O) groups is 2. The van der Waals surface area contributed by atoms with Crippen LogP contribution in [-0.4, -0.2) is 62.3 Å². The summed E-state index contributed by atoms with van der Waals surface area (Å²) >= 11 is 0. The number of nitrogens with zero attached hydrogens (tertiary/aromatic N) is 4. The van der Waals surface area contributed by atoms with Crippen LogP contribution in [0.4, 0.5) is 0 Å². The van der Waals surface area contributed by atoms with Crippen LogP contribution in [0, 0.1) is 0 Å². The molecule has 8 nitrogen and oxygen atoms in total. The van der Waals surface area contributed by atoms with E-state index in [0.717, 1.165) is 0 Å². The molecule has 2 aromatic rings. The molecule has 0 saturated carbocycles. The van der Waals surface area contributed by atoms with Gasteiger partial charge in [-0.3, -0.25) is 9.20 Å². The van der Waals surface area contributed by atoms with Crippen molar-refractivity contribution in [3.05, 3.63) is 30.2 Å². The number of morpholine rings is 1. The predicted molar refractivity (Wildman–Crippen MR) is 66.3 cm³/mol. The van der Waals surface area contributed by atoms with Gasteiger partial charge in [-0.05, 0) is 12.1 Å². The molecule has 8 heteroatoms. The van der Waals surface area contributed by atoms with E-state index < -0.39 is 12.0 Å². The Morgan fingerprint density at radius 2 is 2.25 bits per heavy atom. The van der Waals surface area contributed by atoms with Crippen LogP contribution < -0.4 is 0 Å². The molecule has 0 bridgehead atoms. The molecule has 3 heterocycles. The van der Waals surface area contributed by atoms with Gasteiger partial charge in [0.1, 0.15) is 6.33 Å². The van der Waals surface area contributed by atoms with E-state index >= 15 is 0 Å². The van der Waals surface area contributed by atoms with E-state index in [9.17, 15) is 9.59 Å². The number of aliphatic carboxylic acids is 1. The molecule has 20 heavy (non-hydrogen) atoms. The third kappa shape index (κ3) is 2.10. The van der Waals surface area contributed by atoms with Gasteiger partial charge in [0.25, 0.3) is 5.91 Å². The maximum atomic E-state index is 12.4. The van der Waals surface area contributed by atoms with E-state index in [0.29, 0.717) is 17.8 Å². The molecule has 1 amide bonds. The van der Waals surface area contributed by atoms with Crippen LogP contribution in [0.5, 0.6) is 0 Å². The molecular weight excluding hydrogens is 264 g/mol. The van der Waals surface area contributed by atoms with Crippen LogP contribution in [0.25, 0.3) is 5.65 Å². The third-order valence-corrected chi connectivity index (χ3v) is 3.21. The van der Waals surface area contributed by atoms with Gasteiger partial charge in [0, 0.05) is 12.7 Å². The molecule has 1 unspecified atom stereocenters. The van der Waals surface area contributed by atoms with Gasteiger partial charge in [-0.1, -0.05) is 0 Å². The fraction of sp³-hybridized carbons (Fsp3) is 0.333. The summed E-state index contributed by atoms with van der Waals surface area (Å²) in [6, 6.07) is 2.32. The fourth-order valence-corrected chi connectivity index (χ4v) is 2.17. The number of carboxylic acids is 1. The number of carboxylic acid groups (broad SMARTS) is 1. The maximum Gasteiger partial charge on any atom is 0.328 e. The Morgan fingerprint density at radius 3 is 3.05 bits per heavy atom. The molecule has 1 aliphatic heterocycles. The normalized spacial score (nSPS) is 19.2. The molecule has 3 rings (SSSR count). The van der Waals surface area contributed by atoms with Crippen molar-refractivity contribution in [1.82, 2.24) is 19.5 Å². The molecule has 0 spiro atoms. The number of rotatable bonds is 2. The second-order valence-electron chi connectivity index (χ2n) is 4.44. The Balaban J connectivity index is 1.91. The zero-order chi connectivity index (χ0) is 14.1. The Kier molecular flexibility index (Phi) is 3.07. The number of hydrogen-bond donors (Lipinski definition) is 1. The Bertz CT molecular complexity index is 668. The largest absolute Gasteiger partial charge is 0.480 e. The van der Waals surface area contributed by atoms with Crippen molar-refractivity contribution in [2.24, 2.45) is 0 Å². The summed E-state index contributed by atoms with van der Waals surface area (Å²) in [6.45, 7) is 0.607. The van der Waals surface area contributed by atoms with Crippen molar-refractivity contribution in [3.63, 3.8) is 0 Å². The Hall–Kier alpha value is -2.48. The maximum absolute atomic E-state index is 12.4. The van der Waals surface area contributed by atoms with Gasteiger partial charge in [0.2, 0.25) is 0 Å². The lowest BCUT2D eigenvalue weighted by Crippen LogP contribution is -2.52. The van der Waals surface area contributed by atoms with E-state index in [-0.39, 0.29) is 19.1 Å². The predicted octanol–water partition coefficient (Wildman–Crippen LogP) is -0.345. The summed E-state index contributed by atoms with van der Waals surface area (Å²) in [5.41, 5.74) is 1.02. The number of ether oxygens (including phenoxy) is 1. The average Bonchev–Trinajstić information content (AvgIpc) is 2.93. The van der Waals surface area contributed by atoms with Crippen molar-refractivity contribution in [1.29, 1.82) is 0 Å². The van der Waals surface area contributed by atoms with Crippen LogP contribution in [0.2, 0.25) is 0 Å². The van der Waals surface area contributed by atoms with Gasteiger partial charge >= 0.3 is 5.97 Å². The molecule has 1 atom stereocenters. The molecule has 0 radical (unpaired) electrons. The molecule has 1 aliphatic rings. The number of hydrogen-bond acceptors (Lipinski definition) is 5. The smallest absolute Gasteiger partial charge is 0.328 e. The highest BCUT2D eigenvalue weighted by Gasteiger charge is 2.33. The van der Waals surface area contributed by atoms with Crippen molar-refractivity contribution in [3.8, 4) is 0 Å². The quantitative estimate of drug-likeness (QED) is 0.805. The first-order valence-corrected chi connectivity index (χ1v) is 6.08. The highest BCUT2D eigenvalue weighted by molar-refractivity contribution is 5.96. The van der Waals surface area contributed by atoms with Gasteiger partial charge in [-0.25, -0.2) is 4.79 Å². The average molecular weight is 276 g/mol. The molecule has 1 saturated heterocycles. The van der Waals surface area contributed by atoms with Crippen LogP contribution in [0.15, 0.2) is 24.7 Å². The number of pyridine rings is 1. The van der Waals surface area contributed by atoms with Crippen molar-refractivity contribution in [2.75, 3.05) is 19.8 Å². The number of aromatic nitrogens is 3. The molecular formula is C12H12N4O4. The first kappa shape index (κ1) is 12.5. The van der Waals surface area contributed by atoms with Crippen molar-refractivity contribution < 1.29 is 19.4 Å². The summed E-state index contributed by atoms with van der Waals surface area (Å²) < 4.78 is 6.73. The van der Waals surface area contributed by atoms with Gasteiger partial charge in [0.15, 0.2) is 11.7 Å². The van der Waals surface area contributed by atoms with Gasteiger partial charge in [-0.15, -0.1) is 10.2 Å². The zero-order valence-electron chi connectivity index (χ0n) is 10.5. The molecule has 0 aliphatic carbocycles. The lowest BCUT2D eigenvalue weighted by Gasteiger charge is -2.32. The van der Waals surface area contributed by atoms with Crippen LogP contribution in [0.1, 0.15) is 10.4 Å². The highest BCUT2D eigenvalue weighted by Crippen LogP contribution is 2.13. The number of amides is 1. The van der Waals surface area contributed by atoms with Crippen LogP contribution in [-0.2, 0) is 9.53 Å². The standard InChI is InChI=1S/C12H12N4O4/c17-11(16-3-4-20-6-9(16)12(18)19)8-1-2-10-14-13-7-15(10)5-8/h1-2,5,7,9H,3-4,6H2,(H,18,19). The monoisotopic (exact) mass is 276 g/mol. The first-order valence-electron chi connectivity index (χ1n) is 6.08. The second-order valence-corrected chi connectivity index (χ2v) is 4.44. The Labute approximate surface area is 113 Å². The summed E-state index contributed by atoms with van der Waals surface area (Å²) in [5.74, 6) is -1.40. The van der Waals surface area contributed by atoms with Crippen LogP contribution in [0.3, 0.4) is 0 Å². The minimum absolute atomic E-state index is 0.00987. The molecule has 0 aromatic carbocycles. The minimum atomic E-state index is -1.07. The highest BCUT2D eigenvalue weighted by atomic mass is 16.5. The van der Waals surface area contributed by atoms with E-state index in [1.165, 1.54) is 11.2 Å². The Morgan fingerprint density at radius 1 is 1.40 bits per heavy atom. The summed E-state index contributed by atoms with van der Waals surface area (Å²) in [6.07, 6.45) is 3.08. The van der Waals surface area contributed by atoms with Gasteiger partial charge in [0.05, 0.1) is 18.8 Å². The second kappa shape index (κ2) is 4.89. The van der Waals surface area contributed by atoms with E-state index in [4.69, 9.17) is 9.84 Å². The SMILES string of the molecule is O=C(O)C1COCCN1C(=O)c1ccc2nncn2c1. The lowest BCUT2D eigenvalue weighted by atomic mass is 10.1. The molecule has 104 valence electrons.